The van der Waals surface area contributed by atoms with Crippen LogP contribution >= 0.6 is 15.9 Å². The second-order valence-electron chi connectivity index (χ2n) is 8.31. The molecule has 2 N–H and O–H groups in total. The zero-order valence-corrected chi connectivity index (χ0v) is 19.4. The predicted octanol–water partition coefficient (Wildman–Crippen LogP) is 5.17. The quantitative estimate of drug-likeness (QED) is 0.173. The largest absolute Gasteiger partial charge is 0.469 e. The number of aliphatic hydroxyl groups excluding tert-OH is 1. The van der Waals surface area contributed by atoms with Gasteiger partial charge < -0.3 is 14.9 Å². The summed E-state index contributed by atoms with van der Waals surface area (Å²) in [6.45, 7) is 4.04. The highest BCUT2D eigenvalue weighted by molar-refractivity contribution is 9.09. The zero-order valence-electron chi connectivity index (χ0n) is 17.8. The number of halogens is 1. The van der Waals surface area contributed by atoms with E-state index < -0.39 is 5.60 Å². The Balaban J connectivity index is 2.62. The molecule has 0 radical (unpaired) electrons. The van der Waals surface area contributed by atoms with Gasteiger partial charge in [0.05, 0.1) is 18.8 Å². The van der Waals surface area contributed by atoms with Gasteiger partial charge in [0.2, 0.25) is 0 Å². The van der Waals surface area contributed by atoms with Crippen LogP contribution in [0.25, 0.3) is 0 Å². The molecule has 0 aliphatic heterocycles. The first-order valence-corrected chi connectivity index (χ1v) is 11.8. The van der Waals surface area contributed by atoms with Gasteiger partial charge in [-0.2, -0.15) is 0 Å². The third kappa shape index (κ3) is 9.23. The van der Waals surface area contributed by atoms with Gasteiger partial charge >= 0.3 is 5.97 Å². The number of unbranched alkanes of at least 4 members (excludes halogenated alkanes) is 3. The van der Waals surface area contributed by atoms with E-state index in [1.54, 1.807) is 0 Å². The lowest BCUT2D eigenvalue weighted by atomic mass is 9.85. The second kappa shape index (κ2) is 13.6. The molecule has 0 aromatic heterocycles. The van der Waals surface area contributed by atoms with Crippen molar-refractivity contribution in [1.82, 2.24) is 0 Å². The lowest BCUT2D eigenvalue weighted by molar-refractivity contribution is -0.140. The van der Waals surface area contributed by atoms with Crippen LogP contribution in [0.5, 0.6) is 0 Å². The third-order valence-electron chi connectivity index (χ3n) is 5.79. The van der Waals surface area contributed by atoms with E-state index in [0.29, 0.717) is 12.3 Å². The molecule has 4 nitrogen and oxygen atoms in total. The number of alkyl halides is 1. The summed E-state index contributed by atoms with van der Waals surface area (Å²) in [5, 5.41) is 22.1. The predicted molar refractivity (Wildman–Crippen MR) is 118 cm³/mol. The average Bonchev–Trinajstić information content (AvgIpc) is 2.97. The topological polar surface area (TPSA) is 66.8 Å². The fourth-order valence-electron chi connectivity index (χ4n) is 4.00. The van der Waals surface area contributed by atoms with Crippen LogP contribution in [-0.4, -0.2) is 40.3 Å². The number of aliphatic hydroxyl groups is 2. The van der Waals surface area contributed by atoms with E-state index in [1.807, 2.05) is 13.0 Å². The molecule has 5 heteroatoms. The average molecular weight is 459 g/mol. The number of methoxy groups -OCH3 is 1. The molecule has 1 aliphatic carbocycles. The normalized spacial score (nSPS) is 27.5. The van der Waals surface area contributed by atoms with Crippen LogP contribution in [0.4, 0.5) is 0 Å². The number of carbonyl (C=O) groups is 1. The molecule has 28 heavy (non-hydrogen) atoms. The van der Waals surface area contributed by atoms with Crippen LogP contribution in [-0.2, 0) is 9.53 Å². The summed E-state index contributed by atoms with van der Waals surface area (Å²) in [4.78, 5) is 11.1. The minimum Gasteiger partial charge on any atom is -0.469 e. The third-order valence-corrected chi connectivity index (χ3v) is 6.63. The van der Waals surface area contributed by atoms with E-state index in [4.69, 9.17) is 0 Å². The van der Waals surface area contributed by atoms with Crippen molar-refractivity contribution in [2.45, 2.75) is 83.3 Å². The molecular weight excluding hydrogens is 420 g/mol. The van der Waals surface area contributed by atoms with Gasteiger partial charge in [-0.3, -0.25) is 4.79 Å². The van der Waals surface area contributed by atoms with Gasteiger partial charge in [0, 0.05) is 11.8 Å². The van der Waals surface area contributed by atoms with E-state index in [9.17, 15) is 15.0 Å². The number of allylic oxidation sites excluding steroid dienone is 3. The van der Waals surface area contributed by atoms with Crippen LogP contribution in [0.3, 0.4) is 0 Å². The van der Waals surface area contributed by atoms with Gasteiger partial charge in [0.1, 0.15) is 0 Å². The molecule has 1 unspecified atom stereocenters. The van der Waals surface area contributed by atoms with Crippen LogP contribution < -0.4 is 0 Å². The monoisotopic (exact) mass is 458 g/mol. The van der Waals surface area contributed by atoms with E-state index in [2.05, 4.69) is 45.8 Å². The van der Waals surface area contributed by atoms with E-state index in [-0.39, 0.29) is 23.9 Å². The zero-order chi connectivity index (χ0) is 21.0. The first-order valence-electron chi connectivity index (χ1n) is 10.7. The lowest BCUT2D eigenvalue weighted by Gasteiger charge is -2.24. The van der Waals surface area contributed by atoms with Crippen molar-refractivity contribution in [3.05, 3.63) is 24.3 Å². The number of rotatable bonds is 13. The number of carbonyl (C=O) groups excluding carboxylic acids is 1. The number of hydrogen-bond acceptors (Lipinski definition) is 4. The Morgan fingerprint density at radius 2 is 2.04 bits per heavy atom. The van der Waals surface area contributed by atoms with Crippen LogP contribution in [0, 0.1) is 17.8 Å². The Labute approximate surface area is 179 Å². The Morgan fingerprint density at radius 1 is 1.29 bits per heavy atom. The molecule has 0 amide bonds. The fourth-order valence-corrected chi connectivity index (χ4v) is 4.70. The molecule has 1 aliphatic rings. The van der Waals surface area contributed by atoms with Crippen molar-refractivity contribution in [3.63, 3.8) is 0 Å². The standard InChI is InChI=1S/C23H39BrO4/c1-4-5-10-14-23(2,27)15-13-19-18(17-24)16-21(25)20(19)11-8-6-7-9-12-22(26)28-3/h6,8,13,15,18-21,25,27H,4-5,7,9-12,14,16-17H2,1-3H3/b8-6-,15-13+/t18-,19-,20+,21-,23?/m0/s1. The molecule has 1 fully saturated rings. The van der Waals surface area contributed by atoms with Crippen molar-refractivity contribution in [1.29, 1.82) is 0 Å². The Kier molecular flexibility index (Phi) is 12.3. The van der Waals surface area contributed by atoms with Gasteiger partial charge in [0.25, 0.3) is 0 Å². The van der Waals surface area contributed by atoms with Crippen LogP contribution in [0.2, 0.25) is 0 Å². The minimum absolute atomic E-state index is 0.169. The lowest BCUT2D eigenvalue weighted by Crippen LogP contribution is -2.23. The summed E-state index contributed by atoms with van der Waals surface area (Å²) >= 11 is 3.60. The highest BCUT2D eigenvalue weighted by Gasteiger charge is 2.39. The van der Waals surface area contributed by atoms with Crippen molar-refractivity contribution >= 4 is 21.9 Å². The molecule has 0 aromatic rings. The fraction of sp³-hybridized carbons (Fsp3) is 0.783. The molecule has 0 bridgehead atoms. The Morgan fingerprint density at radius 3 is 2.68 bits per heavy atom. The summed E-state index contributed by atoms with van der Waals surface area (Å²) < 4.78 is 4.65. The van der Waals surface area contributed by atoms with Crippen molar-refractivity contribution in [2.24, 2.45) is 17.8 Å². The van der Waals surface area contributed by atoms with Gasteiger partial charge in [-0.05, 0) is 56.8 Å². The van der Waals surface area contributed by atoms with E-state index in [0.717, 1.165) is 56.7 Å². The molecule has 1 rings (SSSR count). The first-order chi connectivity index (χ1) is 13.3. The first kappa shape index (κ1) is 25.4. The number of ether oxygens (including phenoxy) is 1. The summed E-state index contributed by atoms with van der Waals surface area (Å²) in [6.07, 6.45) is 15.8. The summed E-state index contributed by atoms with van der Waals surface area (Å²) in [5.74, 6) is 0.639. The van der Waals surface area contributed by atoms with Gasteiger partial charge in [-0.25, -0.2) is 0 Å². The smallest absolute Gasteiger partial charge is 0.305 e. The number of hydrogen-bond donors (Lipinski definition) is 2. The van der Waals surface area contributed by atoms with Crippen molar-refractivity contribution < 1.29 is 19.7 Å². The molecule has 162 valence electrons. The molecule has 0 aromatic carbocycles. The van der Waals surface area contributed by atoms with E-state index in [1.165, 1.54) is 7.11 Å². The maximum atomic E-state index is 11.1. The highest BCUT2D eigenvalue weighted by Crippen LogP contribution is 2.42. The summed E-state index contributed by atoms with van der Waals surface area (Å²) in [5.41, 5.74) is -0.784. The van der Waals surface area contributed by atoms with Gasteiger partial charge in [-0.1, -0.05) is 66.4 Å². The van der Waals surface area contributed by atoms with Crippen molar-refractivity contribution in [3.8, 4) is 0 Å². The molecule has 0 spiro atoms. The van der Waals surface area contributed by atoms with Gasteiger partial charge in [-0.15, -0.1) is 0 Å². The maximum absolute atomic E-state index is 11.1. The van der Waals surface area contributed by atoms with Gasteiger partial charge in [0.15, 0.2) is 0 Å². The molecule has 5 atom stereocenters. The van der Waals surface area contributed by atoms with E-state index >= 15 is 0 Å². The SMILES string of the molecule is CCCCCC(C)(O)/C=C/[C@H]1[C@H](CBr)C[C@H](O)[C@@H]1C/C=C\CCCC(=O)OC. The highest BCUT2D eigenvalue weighted by atomic mass is 79.9. The summed E-state index contributed by atoms with van der Waals surface area (Å²) in [6, 6.07) is 0. The molecular formula is C23H39BrO4. The Hall–Kier alpha value is -0.650. The Bertz CT molecular complexity index is 501. The number of esters is 1. The summed E-state index contributed by atoms with van der Waals surface area (Å²) in [7, 11) is 1.41. The maximum Gasteiger partial charge on any atom is 0.305 e. The van der Waals surface area contributed by atoms with Crippen molar-refractivity contribution in [2.75, 3.05) is 12.4 Å². The molecule has 1 saturated carbocycles. The second-order valence-corrected chi connectivity index (χ2v) is 8.95. The molecule has 0 heterocycles. The van der Waals surface area contributed by atoms with Crippen LogP contribution in [0.1, 0.15) is 71.6 Å². The minimum atomic E-state index is -0.784. The van der Waals surface area contributed by atoms with Crippen LogP contribution in [0.15, 0.2) is 24.3 Å². The molecule has 0 saturated heterocycles.